The van der Waals surface area contributed by atoms with Gasteiger partial charge in [-0.1, -0.05) is 75.2 Å². The number of nitro groups is 4. The maximum atomic E-state index is 10.4. The van der Waals surface area contributed by atoms with Crippen LogP contribution in [-0.4, -0.2) is 54.6 Å². The molecule has 0 fully saturated rings. The maximum Gasteiger partial charge on any atom is 0.288 e. The second-order valence-corrected chi connectivity index (χ2v) is 12.4. The van der Waals surface area contributed by atoms with Gasteiger partial charge in [0.15, 0.2) is 0 Å². The van der Waals surface area contributed by atoms with Gasteiger partial charge in [-0.3, -0.25) is 40.5 Å². The Labute approximate surface area is 422 Å². The molecule has 0 atom stereocenters. The molecule has 7 rings (SSSR count). The zero-order valence-corrected chi connectivity index (χ0v) is 44.1. The monoisotopic (exact) mass is 1050 g/mol. The number of aryl methyl sites for hydroxylation is 2. The van der Waals surface area contributed by atoms with E-state index >= 15 is 0 Å². The number of nitrogens with zero attached hydrogens (tertiary/aromatic N) is 9. The van der Waals surface area contributed by atoms with Crippen molar-refractivity contribution in [3.05, 3.63) is 141 Å². The first-order valence-electron chi connectivity index (χ1n) is 21.7. The average Bonchev–Trinajstić information content (AvgIpc) is 3.94. The third-order valence-corrected chi connectivity index (χ3v) is 7.48. The number of halogens is 1. The molecule has 24 heteroatoms. The van der Waals surface area contributed by atoms with Gasteiger partial charge in [-0.25, -0.2) is 24.9 Å². The first kappa shape index (κ1) is 68.8. The van der Waals surface area contributed by atoms with Crippen LogP contribution in [0.4, 0.5) is 45.9 Å². The summed E-state index contributed by atoms with van der Waals surface area (Å²) < 4.78 is 0.437. The van der Waals surface area contributed by atoms with Crippen LogP contribution < -0.4 is 22.9 Å². The minimum absolute atomic E-state index is 0.0199. The highest BCUT2D eigenvalue weighted by Crippen LogP contribution is 2.22. The molecule has 7 heterocycles. The van der Waals surface area contributed by atoms with Gasteiger partial charge in [0.1, 0.15) is 53.5 Å². The van der Waals surface area contributed by atoms with Crippen LogP contribution in [0.2, 0.25) is 0 Å². The second-order valence-electron chi connectivity index (χ2n) is 11.6. The zero-order valence-electron chi connectivity index (χ0n) is 42.6. The lowest BCUT2D eigenvalue weighted by molar-refractivity contribution is -0.385. The van der Waals surface area contributed by atoms with E-state index in [1.807, 2.05) is 101 Å². The Hall–Kier alpha value is -8.77. The van der Waals surface area contributed by atoms with E-state index in [1.165, 1.54) is 36.5 Å². The number of fused-ring (bicyclic) bond motifs is 2. The van der Waals surface area contributed by atoms with Crippen molar-refractivity contribution in [3.8, 4) is 24.2 Å². The van der Waals surface area contributed by atoms with Gasteiger partial charge in [0, 0.05) is 46.4 Å². The number of hydrogen-bond acceptors (Lipinski definition) is 17. The Morgan fingerprint density at radius 1 is 0.535 bits per heavy atom. The Morgan fingerprint density at radius 3 is 1.32 bits per heavy atom. The number of nitrogens with two attached hydrogens (primary N) is 4. The Bertz CT molecular complexity index is 2760. The minimum atomic E-state index is -0.534. The molecule has 23 nitrogen and oxygen atoms in total. The highest BCUT2D eigenvalue weighted by atomic mass is 79.9. The molecule has 0 spiro atoms. The summed E-state index contributed by atoms with van der Waals surface area (Å²) in [5, 5.41) is 42.8. The van der Waals surface area contributed by atoms with Crippen molar-refractivity contribution in [2.24, 2.45) is 0 Å². The molecule has 0 aliphatic heterocycles. The number of rotatable bonds is 4. The summed E-state index contributed by atoms with van der Waals surface area (Å²) in [5.41, 5.74) is 26.0. The number of pyridine rings is 5. The number of nitrogen functional groups attached to an aromatic ring is 4. The molecular formula is C47H66BrN15O8. The van der Waals surface area contributed by atoms with E-state index in [-0.39, 0.29) is 40.2 Å². The third-order valence-electron chi connectivity index (χ3n) is 6.85. The zero-order chi connectivity index (χ0) is 55.8. The van der Waals surface area contributed by atoms with E-state index in [9.17, 15) is 40.5 Å². The van der Waals surface area contributed by atoms with Gasteiger partial charge in [0.05, 0.1) is 41.6 Å². The van der Waals surface area contributed by atoms with Gasteiger partial charge in [0.2, 0.25) is 0 Å². The highest BCUT2D eigenvalue weighted by Gasteiger charge is 2.10. The van der Waals surface area contributed by atoms with E-state index in [0.29, 0.717) is 21.4 Å². The van der Waals surface area contributed by atoms with Crippen molar-refractivity contribution >= 4 is 83.9 Å². The van der Waals surface area contributed by atoms with E-state index in [1.54, 1.807) is 20.0 Å². The van der Waals surface area contributed by atoms with Crippen LogP contribution in [0.3, 0.4) is 0 Å². The van der Waals surface area contributed by atoms with Gasteiger partial charge >= 0.3 is 0 Å². The number of terminal acetylenes is 1. The molecular weight excluding hydrogens is 983 g/mol. The Morgan fingerprint density at radius 2 is 0.915 bits per heavy atom. The molecule has 384 valence electrons. The maximum absolute atomic E-state index is 10.4. The van der Waals surface area contributed by atoms with Crippen LogP contribution in [0.15, 0.2) is 84.0 Å². The van der Waals surface area contributed by atoms with Crippen LogP contribution in [-0.2, 0) is 0 Å². The molecule has 0 bridgehead atoms. The van der Waals surface area contributed by atoms with Gasteiger partial charge in [-0.05, 0) is 67.9 Å². The van der Waals surface area contributed by atoms with Crippen LogP contribution in [0, 0.1) is 78.5 Å². The number of nitrogens with one attached hydrogen (secondary N) is 2. The normalized spacial score (nSPS) is 8.48. The summed E-state index contributed by atoms with van der Waals surface area (Å²) in [5.74, 6) is 8.21. The quantitative estimate of drug-likeness (QED) is 0.0542. The summed E-state index contributed by atoms with van der Waals surface area (Å²) >= 11 is 3.02. The summed E-state index contributed by atoms with van der Waals surface area (Å²) in [6.45, 7) is 27.2. The number of aromatic amines is 2. The average molecular weight is 1050 g/mol. The van der Waals surface area contributed by atoms with Gasteiger partial charge < -0.3 is 32.9 Å². The van der Waals surface area contributed by atoms with E-state index in [0.717, 1.165) is 46.4 Å². The van der Waals surface area contributed by atoms with Crippen LogP contribution >= 0.6 is 15.9 Å². The van der Waals surface area contributed by atoms with Crippen LogP contribution in [0.25, 0.3) is 22.1 Å². The molecule has 7 aromatic heterocycles. The van der Waals surface area contributed by atoms with Gasteiger partial charge in [0.25, 0.3) is 22.7 Å². The molecule has 71 heavy (non-hydrogen) atoms. The molecule has 0 amide bonds. The fraction of sp³-hybridized carbons (Fsp3) is 0.298. The van der Waals surface area contributed by atoms with Crippen molar-refractivity contribution < 1.29 is 19.7 Å². The third kappa shape index (κ3) is 27.6. The summed E-state index contributed by atoms with van der Waals surface area (Å²) in [6, 6.07) is 12.6. The molecule has 0 radical (unpaired) electrons. The van der Waals surface area contributed by atoms with Gasteiger partial charge in [-0.15, -0.1) is 18.3 Å². The summed E-state index contributed by atoms with van der Waals surface area (Å²) in [7, 11) is 0. The van der Waals surface area contributed by atoms with Crippen LogP contribution in [0.1, 0.15) is 100 Å². The number of anilines is 4. The fourth-order valence-corrected chi connectivity index (χ4v) is 4.59. The Balaban J connectivity index is -0.000000373. The standard InChI is InChI=1S/2C8H7N3O2.C8H9N3.C5H4BrN3O2.C5H5N3O2.C3H4.5C2H6/c1-5-2-6-3-7(11(12)13)4-9-8(6)10-5;1-2-3-6-4-7(11(12)13)5-10-8(6)9;1-5-2-6-3-7(9)4-10-8(6)11-5;6-4-1-3(9(10)11)2-8-5(4)7;6-5-2-1-4(3-7-5)8(9)10;1-3-2;5*1-2/h2-4H,1H3,(H,9,10);4-5H,1H3,(H2,9,10);2-4H,9H2,1H3,(H,10,11);1-2H,(H2,7,8);1-3H,(H2,6,7);1H,2H3;5*1-2H3. The SMILES string of the molecule is C#CC.CC.CC.CC.CC.CC.CC#Cc1cc([N+](=O)[O-])cnc1N.Cc1cc2cc(N)cnc2[nH]1.Cc1cc2cc([N+](=O)[O-])cnc2[nH]1.Nc1ccc([N+](=O)[O-])cn1.Nc1ncc([N+](=O)[O-])cc1Br. The fourth-order valence-electron chi connectivity index (χ4n) is 4.25. The Kier molecular flexibility index (Phi) is 39.1. The first-order chi connectivity index (χ1) is 33.8. The lowest BCUT2D eigenvalue weighted by Gasteiger charge is -1.95. The van der Waals surface area contributed by atoms with E-state index in [2.05, 4.69) is 75.0 Å². The van der Waals surface area contributed by atoms with Gasteiger partial charge in [-0.2, -0.15) is 0 Å². The molecule has 0 saturated heterocycles. The minimum Gasteiger partial charge on any atom is -0.397 e. The number of hydrogen-bond donors (Lipinski definition) is 6. The summed E-state index contributed by atoms with van der Waals surface area (Å²) in [6.07, 6.45) is 10.8. The molecule has 0 saturated carbocycles. The largest absolute Gasteiger partial charge is 0.397 e. The summed E-state index contributed by atoms with van der Waals surface area (Å²) in [4.78, 5) is 63.9. The van der Waals surface area contributed by atoms with E-state index in [4.69, 9.17) is 22.9 Å². The number of aromatic nitrogens is 7. The predicted molar refractivity (Wildman–Crippen MR) is 290 cm³/mol. The highest BCUT2D eigenvalue weighted by molar-refractivity contribution is 9.10. The smallest absolute Gasteiger partial charge is 0.288 e. The molecule has 7 aromatic rings. The van der Waals surface area contributed by atoms with Crippen molar-refractivity contribution in [1.82, 2.24) is 34.9 Å². The second kappa shape index (κ2) is 40.3. The molecule has 0 unspecified atom stereocenters. The van der Waals surface area contributed by atoms with Crippen LogP contribution in [0.5, 0.6) is 0 Å². The first-order valence-corrected chi connectivity index (χ1v) is 22.5. The molecule has 0 aliphatic rings. The predicted octanol–water partition coefficient (Wildman–Crippen LogP) is 11.9. The topological polar surface area (TPSA) is 373 Å². The van der Waals surface area contributed by atoms with Crippen molar-refractivity contribution in [2.45, 2.75) is 96.9 Å². The van der Waals surface area contributed by atoms with Crippen molar-refractivity contribution in [2.75, 3.05) is 22.9 Å². The van der Waals surface area contributed by atoms with Crippen molar-refractivity contribution in [1.29, 1.82) is 0 Å². The molecule has 0 aromatic carbocycles. The lowest BCUT2D eigenvalue weighted by atomic mass is 10.2. The molecule has 10 N–H and O–H groups in total. The molecule has 0 aliphatic carbocycles. The number of H-pyrrole nitrogens is 2. The van der Waals surface area contributed by atoms with Crippen molar-refractivity contribution in [3.63, 3.8) is 0 Å². The van der Waals surface area contributed by atoms with E-state index < -0.39 is 19.7 Å². The lowest BCUT2D eigenvalue weighted by Crippen LogP contribution is -1.97.